The molecule has 2 aromatic heterocycles. The molecule has 10 heteroatoms. The smallest absolute Gasteiger partial charge is 0.286 e. The van der Waals surface area contributed by atoms with Crippen molar-refractivity contribution in [3.63, 3.8) is 0 Å². The lowest BCUT2D eigenvalue weighted by Crippen LogP contribution is -2.45. The molecule has 1 aliphatic rings. The molecule has 0 radical (unpaired) electrons. The number of alkyl halides is 2. The third kappa shape index (κ3) is 5.96. The van der Waals surface area contributed by atoms with Crippen molar-refractivity contribution in [3.05, 3.63) is 71.3 Å². The van der Waals surface area contributed by atoms with Gasteiger partial charge in [-0.05, 0) is 62.2 Å². The van der Waals surface area contributed by atoms with Crippen LogP contribution in [0.1, 0.15) is 52.9 Å². The van der Waals surface area contributed by atoms with Crippen molar-refractivity contribution >= 4 is 23.2 Å². The van der Waals surface area contributed by atoms with E-state index < -0.39 is 17.5 Å². The molecule has 2 amide bonds. The maximum Gasteiger partial charge on any atom is 0.286 e. The van der Waals surface area contributed by atoms with Crippen LogP contribution in [0.3, 0.4) is 0 Å². The van der Waals surface area contributed by atoms with Gasteiger partial charge in [0.2, 0.25) is 0 Å². The molecule has 8 nitrogen and oxygen atoms in total. The lowest BCUT2D eigenvalue weighted by atomic mass is 9.99. The van der Waals surface area contributed by atoms with E-state index in [2.05, 4.69) is 25.5 Å². The van der Waals surface area contributed by atoms with Gasteiger partial charge in [0, 0.05) is 55.3 Å². The van der Waals surface area contributed by atoms with Crippen LogP contribution in [0.15, 0.2) is 48.8 Å². The van der Waals surface area contributed by atoms with Gasteiger partial charge in [0.1, 0.15) is 5.69 Å². The van der Waals surface area contributed by atoms with Gasteiger partial charge in [-0.2, -0.15) is 8.78 Å². The van der Waals surface area contributed by atoms with Crippen LogP contribution in [0, 0.1) is 6.92 Å². The van der Waals surface area contributed by atoms with E-state index in [1.165, 1.54) is 12.3 Å². The minimum Gasteiger partial charge on any atom is -0.377 e. The summed E-state index contributed by atoms with van der Waals surface area (Å²) in [5.74, 6) is -3.93. The zero-order chi connectivity index (χ0) is 27.4. The number of hydrogen-bond acceptors (Lipinski definition) is 6. The van der Waals surface area contributed by atoms with E-state index in [-0.39, 0.29) is 17.5 Å². The lowest BCUT2D eigenvalue weighted by molar-refractivity contribution is 0.0127. The number of hydrogen-bond donors (Lipinski definition) is 2. The minimum absolute atomic E-state index is 0.0569. The molecule has 0 saturated carbocycles. The Kier molecular flexibility index (Phi) is 8.01. The summed E-state index contributed by atoms with van der Waals surface area (Å²) in [5, 5.41) is 5.61. The van der Waals surface area contributed by atoms with Gasteiger partial charge in [-0.1, -0.05) is 6.07 Å². The van der Waals surface area contributed by atoms with E-state index in [0.717, 1.165) is 29.7 Å². The highest BCUT2D eigenvalue weighted by atomic mass is 19.3. The van der Waals surface area contributed by atoms with Gasteiger partial charge in [-0.3, -0.25) is 14.6 Å². The number of anilines is 2. The summed E-state index contributed by atoms with van der Waals surface area (Å²) < 4.78 is 33.0. The molecule has 2 N–H and O–H groups in total. The molecular weight excluding hydrogens is 492 g/mol. The predicted octanol–water partition coefficient (Wildman–Crippen LogP) is 4.79. The quantitative estimate of drug-likeness (QED) is 0.462. The van der Waals surface area contributed by atoms with Crippen LogP contribution in [-0.4, -0.2) is 54.1 Å². The molecule has 0 unspecified atom stereocenters. The highest BCUT2D eigenvalue weighted by molar-refractivity contribution is 6.04. The average molecular weight is 524 g/mol. The Morgan fingerprint density at radius 1 is 1.16 bits per heavy atom. The summed E-state index contributed by atoms with van der Waals surface area (Å²) in [6.07, 6.45) is 2.84. The molecule has 200 valence electrons. The van der Waals surface area contributed by atoms with Gasteiger partial charge < -0.3 is 20.3 Å². The number of benzene rings is 1. The van der Waals surface area contributed by atoms with Crippen molar-refractivity contribution < 1.29 is 23.1 Å². The van der Waals surface area contributed by atoms with Gasteiger partial charge >= 0.3 is 0 Å². The van der Waals surface area contributed by atoms with E-state index in [1.54, 1.807) is 18.3 Å². The van der Waals surface area contributed by atoms with Crippen LogP contribution >= 0.6 is 0 Å². The number of carbonyl (C=O) groups is 2. The largest absolute Gasteiger partial charge is 0.377 e. The number of morpholine rings is 1. The van der Waals surface area contributed by atoms with Crippen molar-refractivity contribution in [1.29, 1.82) is 0 Å². The Morgan fingerprint density at radius 3 is 2.66 bits per heavy atom. The molecule has 0 spiro atoms. The zero-order valence-electron chi connectivity index (χ0n) is 21.8. The molecule has 38 heavy (non-hydrogen) atoms. The average Bonchev–Trinajstić information content (AvgIpc) is 2.89. The first-order chi connectivity index (χ1) is 18.1. The molecule has 1 aliphatic heterocycles. The molecule has 1 atom stereocenters. The first kappa shape index (κ1) is 27.1. The lowest BCUT2D eigenvalue weighted by Gasteiger charge is -2.36. The minimum atomic E-state index is -3.16. The number of nitrogens with zero attached hydrogens (tertiary/aromatic N) is 3. The molecular formula is C28H31F2N5O3. The third-order valence-corrected chi connectivity index (χ3v) is 6.38. The maximum atomic E-state index is 13.7. The second kappa shape index (κ2) is 11.2. The highest BCUT2D eigenvalue weighted by Crippen LogP contribution is 2.32. The summed E-state index contributed by atoms with van der Waals surface area (Å²) in [6, 6.07) is 9.88. The second-order valence-corrected chi connectivity index (χ2v) is 9.37. The fraction of sp³-hybridized carbons (Fsp3) is 0.357. The zero-order valence-corrected chi connectivity index (χ0v) is 21.8. The number of carbonyl (C=O) groups excluding carboxylic acids is 2. The highest BCUT2D eigenvalue weighted by Gasteiger charge is 2.27. The second-order valence-electron chi connectivity index (χ2n) is 9.37. The standard InChI is InChI=1S/C28H31F2N5O3/c1-5-31-27(37)25-23(35-10-11-38-16-18(35)3)12-20(15-33-25)22-14-21(7-6-17(22)2)34-26(36)19-8-9-32-24(13-19)28(4,29)30/h6-9,12-15,18H,5,10-11,16H2,1-4H3,(H,31,37)(H,34,36)/t18-/m1/s1. The fourth-order valence-corrected chi connectivity index (χ4v) is 4.35. The van der Waals surface area contributed by atoms with E-state index in [1.807, 2.05) is 32.9 Å². The van der Waals surface area contributed by atoms with Gasteiger partial charge in [-0.25, -0.2) is 4.98 Å². The Balaban J connectivity index is 1.68. The first-order valence-electron chi connectivity index (χ1n) is 12.5. The number of rotatable bonds is 7. The third-order valence-electron chi connectivity index (χ3n) is 6.38. The summed E-state index contributed by atoms with van der Waals surface area (Å²) in [7, 11) is 0. The Morgan fingerprint density at radius 2 is 1.95 bits per heavy atom. The van der Waals surface area contributed by atoms with Crippen LogP contribution in [0.2, 0.25) is 0 Å². The van der Waals surface area contributed by atoms with Crippen LogP contribution in [0.4, 0.5) is 20.2 Å². The monoisotopic (exact) mass is 523 g/mol. The molecule has 0 bridgehead atoms. The van der Waals surface area contributed by atoms with Crippen molar-refractivity contribution in [2.24, 2.45) is 0 Å². The van der Waals surface area contributed by atoms with Crippen molar-refractivity contribution in [2.75, 3.05) is 36.5 Å². The maximum absolute atomic E-state index is 13.7. The van der Waals surface area contributed by atoms with Crippen LogP contribution in [0.25, 0.3) is 11.1 Å². The summed E-state index contributed by atoms with van der Waals surface area (Å²) in [5.41, 5.74) is 3.68. The molecule has 0 aliphatic carbocycles. The van der Waals surface area contributed by atoms with Gasteiger partial charge in [0.15, 0.2) is 5.69 Å². The number of halogens is 2. The van der Waals surface area contributed by atoms with E-state index in [0.29, 0.717) is 43.4 Å². The Hall–Kier alpha value is -3.92. The van der Waals surface area contributed by atoms with Crippen LogP contribution in [-0.2, 0) is 10.7 Å². The Labute approximate surface area is 220 Å². The predicted molar refractivity (Wildman–Crippen MR) is 142 cm³/mol. The number of ether oxygens (including phenoxy) is 1. The van der Waals surface area contributed by atoms with Gasteiger partial charge in [0.05, 0.1) is 18.9 Å². The number of pyridine rings is 2. The van der Waals surface area contributed by atoms with E-state index in [4.69, 9.17) is 4.74 Å². The van der Waals surface area contributed by atoms with Crippen molar-refractivity contribution in [1.82, 2.24) is 15.3 Å². The molecule has 3 heterocycles. The van der Waals surface area contributed by atoms with E-state index >= 15 is 0 Å². The number of aryl methyl sites for hydroxylation is 1. The summed E-state index contributed by atoms with van der Waals surface area (Å²) in [6.45, 7) is 8.76. The number of aromatic nitrogens is 2. The normalized spacial score (nSPS) is 15.7. The van der Waals surface area contributed by atoms with Gasteiger partial charge in [-0.15, -0.1) is 0 Å². The molecule has 4 rings (SSSR count). The summed E-state index contributed by atoms with van der Waals surface area (Å²) in [4.78, 5) is 36.0. The van der Waals surface area contributed by atoms with Gasteiger partial charge in [0.25, 0.3) is 17.7 Å². The first-order valence-corrected chi connectivity index (χ1v) is 12.5. The van der Waals surface area contributed by atoms with Crippen molar-refractivity contribution in [3.8, 4) is 11.1 Å². The van der Waals surface area contributed by atoms with Crippen molar-refractivity contribution in [2.45, 2.75) is 39.7 Å². The Bertz CT molecular complexity index is 1340. The van der Waals surface area contributed by atoms with E-state index in [9.17, 15) is 18.4 Å². The number of amides is 2. The topological polar surface area (TPSA) is 96.5 Å². The van der Waals surface area contributed by atoms with Crippen LogP contribution < -0.4 is 15.5 Å². The fourth-order valence-electron chi connectivity index (χ4n) is 4.35. The number of nitrogens with one attached hydrogen (secondary N) is 2. The molecule has 1 fully saturated rings. The summed E-state index contributed by atoms with van der Waals surface area (Å²) >= 11 is 0. The molecule has 3 aromatic rings. The SMILES string of the molecule is CCNC(=O)c1ncc(-c2cc(NC(=O)c3ccnc(C(C)(F)F)c3)ccc2C)cc1N1CCOC[C@H]1C. The molecule has 1 saturated heterocycles. The van der Waals surface area contributed by atoms with Crippen LogP contribution in [0.5, 0.6) is 0 Å². The molecule has 1 aromatic carbocycles.